The van der Waals surface area contributed by atoms with Gasteiger partial charge in [-0.25, -0.2) is 4.39 Å². The molecule has 7 heteroatoms. The Kier molecular flexibility index (Phi) is 4.42. The number of carbonyl (C=O) groups is 1. The fourth-order valence-electron chi connectivity index (χ4n) is 1.69. The molecule has 0 saturated heterocycles. The molecule has 0 aliphatic rings. The molecular formula is C12H15FN2O4. The predicted molar refractivity (Wildman–Crippen MR) is 67.9 cm³/mol. The van der Waals surface area contributed by atoms with Crippen LogP contribution in [-0.2, 0) is 4.79 Å². The molecule has 1 aromatic rings. The molecule has 0 fully saturated rings. The number of halogens is 1. The van der Waals surface area contributed by atoms with Gasteiger partial charge >= 0.3 is 5.97 Å². The smallest absolute Gasteiger partial charge is 0.308 e. The van der Waals surface area contributed by atoms with E-state index in [-0.39, 0.29) is 23.5 Å². The molecular weight excluding hydrogens is 255 g/mol. The van der Waals surface area contributed by atoms with Gasteiger partial charge in [0.1, 0.15) is 11.5 Å². The summed E-state index contributed by atoms with van der Waals surface area (Å²) in [6.07, 6.45) is 0. The van der Waals surface area contributed by atoms with Gasteiger partial charge in [-0.2, -0.15) is 0 Å². The third kappa shape index (κ3) is 3.40. The van der Waals surface area contributed by atoms with E-state index in [0.717, 1.165) is 6.07 Å². The Morgan fingerprint density at radius 1 is 1.58 bits per heavy atom. The van der Waals surface area contributed by atoms with Crippen molar-refractivity contribution in [2.75, 3.05) is 18.5 Å². The Labute approximate surface area is 109 Å². The Morgan fingerprint density at radius 2 is 2.16 bits per heavy atom. The van der Waals surface area contributed by atoms with Crippen LogP contribution >= 0.6 is 0 Å². The third-order valence-corrected chi connectivity index (χ3v) is 2.83. The summed E-state index contributed by atoms with van der Waals surface area (Å²) < 4.78 is 13.4. The lowest BCUT2D eigenvalue weighted by molar-refractivity contribution is -0.384. The zero-order valence-electron chi connectivity index (χ0n) is 10.9. The number of anilines is 1. The zero-order valence-corrected chi connectivity index (χ0v) is 10.9. The first kappa shape index (κ1) is 14.9. The number of nitro groups is 1. The summed E-state index contributed by atoms with van der Waals surface area (Å²) in [7, 11) is 1.54. The van der Waals surface area contributed by atoms with Crippen LogP contribution in [0.4, 0.5) is 15.8 Å². The number of nitrogens with zero attached hydrogens (tertiary/aromatic N) is 2. The van der Waals surface area contributed by atoms with Crippen molar-refractivity contribution in [3.8, 4) is 0 Å². The first-order chi connectivity index (χ1) is 8.73. The molecule has 1 aromatic carbocycles. The average molecular weight is 270 g/mol. The molecule has 0 aliphatic carbocycles. The van der Waals surface area contributed by atoms with Crippen molar-refractivity contribution in [3.63, 3.8) is 0 Å². The first-order valence-electron chi connectivity index (χ1n) is 5.62. The SMILES string of the molecule is Cc1cc(N(C)CC(C)C(=O)O)c([N+](=O)[O-])cc1F. The number of benzene rings is 1. The highest BCUT2D eigenvalue weighted by Crippen LogP contribution is 2.30. The number of aliphatic carboxylic acids is 1. The molecule has 104 valence electrons. The highest BCUT2D eigenvalue weighted by molar-refractivity contribution is 5.71. The summed E-state index contributed by atoms with van der Waals surface area (Å²) in [5.74, 6) is -2.33. The second-order valence-corrected chi connectivity index (χ2v) is 4.47. The molecule has 1 rings (SSSR count). The molecule has 0 saturated carbocycles. The van der Waals surface area contributed by atoms with Crippen molar-refractivity contribution in [3.05, 3.63) is 33.6 Å². The number of carboxylic acid groups (broad SMARTS) is 1. The second-order valence-electron chi connectivity index (χ2n) is 4.47. The van der Waals surface area contributed by atoms with Gasteiger partial charge in [-0.05, 0) is 18.6 Å². The number of aryl methyl sites for hydroxylation is 1. The fourth-order valence-corrected chi connectivity index (χ4v) is 1.69. The summed E-state index contributed by atoms with van der Waals surface area (Å²) in [6.45, 7) is 3.10. The minimum absolute atomic E-state index is 0.0985. The van der Waals surface area contributed by atoms with Gasteiger partial charge in [-0.15, -0.1) is 0 Å². The van der Waals surface area contributed by atoms with E-state index in [4.69, 9.17) is 5.11 Å². The third-order valence-electron chi connectivity index (χ3n) is 2.83. The van der Waals surface area contributed by atoms with Crippen LogP contribution in [0.5, 0.6) is 0 Å². The van der Waals surface area contributed by atoms with E-state index in [1.807, 2.05) is 0 Å². The number of nitro benzene ring substituents is 1. The molecule has 0 aliphatic heterocycles. The molecule has 19 heavy (non-hydrogen) atoms. The Bertz CT molecular complexity index is 519. The van der Waals surface area contributed by atoms with E-state index < -0.39 is 22.6 Å². The minimum Gasteiger partial charge on any atom is -0.481 e. The van der Waals surface area contributed by atoms with Crippen LogP contribution in [0.3, 0.4) is 0 Å². The molecule has 0 amide bonds. The lowest BCUT2D eigenvalue weighted by Crippen LogP contribution is -2.29. The molecule has 0 spiro atoms. The van der Waals surface area contributed by atoms with Crippen LogP contribution in [0.25, 0.3) is 0 Å². The van der Waals surface area contributed by atoms with Crippen LogP contribution in [-0.4, -0.2) is 29.6 Å². The van der Waals surface area contributed by atoms with Gasteiger partial charge in [-0.1, -0.05) is 6.92 Å². The zero-order chi connectivity index (χ0) is 14.7. The lowest BCUT2D eigenvalue weighted by atomic mass is 10.1. The van der Waals surface area contributed by atoms with Crippen LogP contribution in [0.1, 0.15) is 12.5 Å². The van der Waals surface area contributed by atoms with Gasteiger partial charge in [0.25, 0.3) is 5.69 Å². The molecule has 1 atom stereocenters. The maximum absolute atomic E-state index is 13.4. The number of hydrogen-bond acceptors (Lipinski definition) is 4. The standard InChI is InChI=1S/C12H15FN2O4/c1-7-4-10(11(15(18)19)5-9(7)13)14(3)6-8(2)12(16)17/h4-5,8H,6H2,1-3H3,(H,16,17). The summed E-state index contributed by atoms with van der Waals surface area (Å²) in [4.78, 5) is 22.5. The Morgan fingerprint density at radius 3 is 2.63 bits per heavy atom. The minimum atomic E-state index is -0.992. The number of rotatable bonds is 5. The van der Waals surface area contributed by atoms with Crippen molar-refractivity contribution in [2.24, 2.45) is 5.92 Å². The monoisotopic (exact) mass is 270 g/mol. The lowest BCUT2D eigenvalue weighted by Gasteiger charge is -2.21. The highest BCUT2D eigenvalue weighted by Gasteiger charge is 2.22. The van der Waals surface area contributed by atoms with E-state index >= 15 is 0 Å². The van der Waals surface area contributed by atoms with Crippen molar-refractivity contribution in [1.29, 1.82) is 0 Å². The summed E-state index contributed by atoms with van der Waals surface area (Å²) in [5, 5.41) is 19.7. The van der Waals surface area contributed by atoms with Crippen molar-refractivity contribution in [2.45, 2.75) is 13.8 Å². The topological polar surface area (TPSA) is 83.7 Å². The number of carboxylic acids is 1. The Balaban J connectivity index is 3.14. The molecule has 6 nitrogen and oxygen atoms in total. The van der Waals surface area contributed by atoms with Gasteiger partial charge in [0.05, 0.1) is 16.9 Å². The van der Waals surface area contributed by atoms with Crippen molar-refractivity contribution >= 4 is 17.3 Å². The quantitative estimate of drug-likeness (QED) is 0.655. The van der Waals surface area contributed by atoms with Crippen molar-refractivity contribution in [1.82, 2.24) is 0 Å². The molecule has 1 N–H and O–H groups in total. The molecule has 0 radical (unpaired) electrons. The van der Waals surface area contributed by atoms with Crippen LogP contribution in [0, 0.1) is 28.8 Å². The maximum Gasteiger partial charge on any atom is 0.308 e. The normalized spacial score (nSPS) is 12.0. The predicted octanol–water partition coefficient (Wildman–Crippen LogP) is 2.20. The summed E-state index contributed by atoms with van der Waals surface area (Å²) >= 11 is 0. The largest absolute Gasteiger partial charge is 0.481 e. The van der Waals surface area contributed by atoms with Crippen LogP contribution in [0.15, 0.2) is 12.1 Å². The average Bonchev–Trinajstić information content (AvgIpc) is 2.31. The van der Waals surface area contributed by atoms with Gasteiger partial charge in [0.2, 0.25) is 0 Å². The summed E-state index contributed by atoms with van der Waals surface area (Å²) in [6, 6.07) is 2.20. The number of hydrogen-bond donors (Lipinski definition) is 1. The van der Waals surface area contributed by atoms with Gasteiger partial charge in [-0.3, -0.25) is 14.9 Å². The molecule has 0 bridgehead atoms. The van der Waals surface area contributed by atoms with E-state index in [9.17, 15) is 19.3 Å². The van der Waals surface area contributed by atoms with Gasteiger partial charge in [0, 0.05) is 13.6 Å². The van der Waals surface area contributed by atoms with E-state index in [1.54, 1.807) is 7.05 Å². The Hall–Kier alpha value is -2.18. The van der Waals surface area contributed by atoms with Crippen LogP contribution in [0.2, 0.25) is 0 Å². The molecule has 1 unspecified atom stereocenters. The molecule has 0 heterocycles. The fraction of sp³-hybridized carbons (Fsp3) is 0.417. The van der Waals surface area contributed by atoms with E-state index in [2.05, 4.69) is 0 Å². The van der Waals surface area contributed by atoms with Gasteiger partial charge in [0.15, 0.2) is 0 Å². The van der Waals surface area contributed by atoms with E-state index in [1.165, 1.54) is 24.8 Å². The summed E-state index contributed by atoms with van der Waals surface area (Å²) in [5.41, 5.74) is 0.107. The van der Waals surface area contributed by atoms with Crippen LogP contribution < -0.4 is 4.90 Å². The van der Waals surface area contributed by atoms with Gasteiger partial charge < -0.3 is 10.0 Å². The van der Waals surface area contributed by atoms with E-state index in [0.29, 0.717) is 0 Å². The maximum atomic E-state index is 13.4. The highest BCUT2D eigenvalue weighted by atomic mass is 19.1. The van der Waals surface area contributed by atoms with Crippen molar-refractivity contribution < 1.29 is 19.2 Å². The second kappa shape index (κ2) is 5.64. The molecule has 0 aromatic heterocycles. The first-order valence-corrected chi connectivity index (χ1v) is 5.62.